The summed E-state index contributed by atoms with van der Waals surface area (Å²) >= 11 is 0. The average molecular weight is 348 g/mol. The molecule has 24 heavy (non-hydrogen) atoms. The Hall–Kier alpha value is -2.74. The number of nitrogens with one attached hydrogen (secondary N) is 2. The van der Waals surface area contributed by atoms with Crippen LogP contribution in [0.3, 0.4) is 0 Å². The Morgan fingerprint density at radius 1 is 1.12 bits per heavy atom. The number of sulfonamides is 1. The maximum atomic E-state index is 12.4. The predicted molar refractivity (Wildman–Crippen MR) is 89.8 cm³/mol. The molecule has 0 fully saturated rings. The molecule has 2 aromatic carbocycles. The molecule has 7 nitrogen and oxygen atoms in total. The first-order chi connectivity index (χ1) is 11.3. The number of hydrogen-bond acceptors (Lipinski definition) is 5. The lowest BCUT2D eigenvalue weighted by molar-refractivity contribution is 0.242. The summed E-state index contributed by atoms with van der Waals surface area (Å²) in [5, 5.41) is 0. The van der Waals surface area contributed by atoms with Gasteiger partial charge in [0.1, 0.15) is 5.75 Å². The summed E-state index contributed by atoms with van der Waals surface area (Å²) in [6, 6.07) is 10.8. The van der Waals surface area contributed by atoms with E-state index in [1.165, 1.54) is 18.2 Å². The Kier molecular flexibility index (Phi) is 4.06. The number of fused-ring (bicyclic) bond motifs is 1. The van der Waals surface area contributed by atoms with Crippen molar-refractivity contribution in [1.82, 2.24) is 4.98 Å². The SMILES string of the molecule is CC(C)Oc1ccc(NS(=O)(=O)c2ccc3oc(=O)[nH]c3c2)cc1. The van der Waals surface area contributed by atoms with E-state index in [4.69, 9.17) is 9.15 Å². The van der Waals surface area contributed by atoms with Gasteiger partial charge in [0.05, 0.1) is 16.5 Å². The summed E-state index contributed by atoms with van der Waals surface area (Å²) in [7, 11) is -3.79. The van der Waals surface area contributed by atoms with E-state index in [-0.39, 0.29) is 11.0 Å². The van der Waals surface area contributed by atoms with Crippen LogP contribution in [0, 0.1) is 0 Å². The lowest BCUT2D eigenvalue weighted by Crippen LogP contribution is -2.13. The Bertz CT molecular complexity index is 1020. The topological polar surface area (TPSA) is 101 Å². The van der Waals surface area contributed by atoms with E-state index in [0.717, 1.165) is 0 Å². The number of H-pyrrole nitrogens is 1. The number of hydrogen-bond donors (Lipinski definition) is 2. The van der Waals surface area contributed by atoms with Crippen molar-refractivity contribution in [2.24, 2.45) is 0 Å². The van der Waals surface area contributed by atoms with Gasteiger partial charge in [-0.15, -0.1) is 0 Å². The predicted octanol–water partition coefficient (Wildman–Crippen LogP) is 2.71. The maximum absolute atomic E-state index is 12.4. The molecule has 0 radical (unpaired) electrons. The lowest BCUT2D eigenvalue weighted by atomic mass is 10.3. The highest BCUT2D eigenvalue weighted by Gasteiger charge is 2.16. The number of ether oxygens (including phenoxy) is 1. The van der Waals surface area contributed by atoms with Gasteiger partial charge >= 0.3 is 5.76 Å². The molecule has 0 aliphatic heterocycles. The molecule has 3 rings (SSSR count). The summed E-state index contributed by atoms with van der Waals surface area (Å²) in [6.07, 6.45) is 0.0383. The van der Waals surface area contributed by atoms with E-state index in [2.05, 4.69) is 9.71 Å². The third-order valence-electron chi connectivity index (χ3n) is 3.18. The molecule has 2 N–H and O–H groups in total. The van der Waals surface area contributed by atoms with Crippen LogP contribution < -0.4 is 15.2 Å². The first-order valence-electron chi connectivity index (χ1n) is 7.26. The van der Waals surface area contributed by atoms with Crippen LogP contribution in [0.2, 0.25) is 0 Å². The van der Waals surface area contributed by atoms with Crippen molar-refractivity contribution in [3.05, 3.63) is 53.0 Å². The summed E-state index contributed by atoms with van der Waals surface area (Å²) in [4.78, 5) is 13.6. The highest BCUT2D eigenvalue weighted by atomic mass is 32.2. The standard InChI is InChI=1S/C16H16N2O5S/c1-10(2)22-12-5-3-11(4-6-12)18-24(20,21)13-7-8-15-14(9-13)17-16(19)23-15/h3-10,18H,1-2H3,(H,17,19). The summed E-state index contributed by atoms with van der Waals surface area (Å²) in [5.74, 6) is 0.0265. The number of rotatable bonds is 5. The van der Waals surface area contributed by atoms with Crippen LogP contribution in [0.1, 0.15) is 13.8 Å². The van der Waals surface area contributed by atoms with Gasteiger partial charge in [-0.25, -0.2) is 13.2 Å². The molecule has 126 valence electrons. The van der Waals surface area contributed by atoms with Crippen molar-refractivity contribution in [3.63, 3.8) is 0 Å². The molecule has 0 aliphatic rings. The molecule has 1 aromatic heterocycles. The van der Waals surface area contributed by atoms with Gasteiger partial charge in [-0.05, 0) is 56.3 Å². The fourth-order valence-corrected chi connectivity index (χ4v) is 3.27. The van der Waals surface area contributed by atoms with Crippen molar-refractivity contribution in [3.8, 4) is 5.75 Å². The zero-order valence-electron chi connectivity index (χ0n) is 13.1. The van der Waals surface area contributed by atoms with Gasteiger partial charge in [-0.3, -0.25) is 9.71 Å². The minimum atomic E-state index is -3.79. The van der Waals surface area contributed by atoms with Crippen molar-refractivity contribution in [2.75, 3.05) is 4.72 Å². The Morgan fingerprint density at radius 2 is 1.83 bits per heavy atom. The van der Waals surface area contributed by atoms with Crippen molar-refractivity contribution < 1.29 is 17.6 Å². The normalized spacial score (nSPS) is 11.8. The van der Waals surface area contributed by atoms with Gasteiger partial charge in [0.2, 0.25) is 0 Å². The first kappa shape index (κ1) is 16.1. The van der Waals surface area contributed by atoms with Crippen molar-refractivity contribution in [2.45, 2.75) is 24.8 Å². The number of aromatic nitrogens is 1. The molecular formula is C16H16N2O5S. The number of benzene rings is 2. The number of anilines is 1. The van der Waals surface area contributed by atoms with E-state index in [0.29, 0.717) is 22.5 Å². The second kappa shape index (κ2) is 6.04. The van der Waals surface area contributed by atoms with E-state index in [1.54, 1.807) is 24.3 Å². The van der Waals surface area contributed by atoms with E-state index in [9.17, 15) is 13.2 Å². The van der Waals surface area contributed by atoms with Gasteiger partial charge in [0.25, 0.3) is 10.0 Å². The molecule has 0 saturated carbocycles. The van der Waals surface area contributed by atoms with E-state index >= 15 is 0 Å². The van der Waals surface area contributed by atoms with Crippen molar-refractivity contribution in [1.29, 1.82) is 0 Å². The fourth-order valence-electron chi connectivity index (χ4n) is 2.19. The number of aromatic amines is 1. The van der Waals surface area contributed by atoms with Crippen LogP contribution in [-0.4, -0.2) is 19.5 Å². The van der Waals surface area contributed by atoms with Crippen LogP contribution in [0.25, 0.3) is 11.1 Å². The Balaban J connectivity index is 1.85. The smallest absolute Gasteiger partial charge is 0.417 e. The zero-order valence-corrected chi connectivity index (χ0v) is 13.9. The van der Waals surface area contributed by atoms with Crippen LogP contribution in [0.15, 0.2) is 56.6 Å². The zero-order chi connectivity index (χ0) is 17.3. The third kappa shape index (κ3) is 3.43. The molecule has 0 unspecified atom stereocenters. The minimum absolute atomic E-state index is 0.0227. The minimum Gasteiger partial charge on any atom is -0.491 e. The molecule has 1 heterocycles. The second-order valence-electron chi connectivity index (χ2n) is 5.47. The summed E-state index contributed by atoms with van der Waals surface area (Å²) < 4.78 is 37.8. The highest BCUT2D eigenvalue weighted by Crippen LogP contribution is 2.22. The van der Waals surface area contributed by atoms with Crippen LogP contribution in [-0.2, 0) is 10.0 Å². The molecule has 0 atom stereocenters. The van der Waals surface area contributed by atoms with Crippen LogP contribution in [0.5, 0.6) is 5.75 Å². The number of oxazole rings is 1. The fraction of sp³-hybridized carbons (Fsp3) is 0.188. The molecule has 0 aliphatic carbocycles. The molecule has 0 bridgehead atoms. The molecular weight excluding hydrogens is 332 g/mol. The summed E-state index contributed by atoms with van der Waals surface area (Å²) in [5.41, 5.74) is 1.03. The van der Waals surface area contributed by atoms with Crippen LogP contribution in [0.4, 0.5) is 5.69 Å². The second-order valence-corrected chi connectivity index (χ2v) is 7.15. The van der Waals surface area contributed by atoms with Gasteiger partial charge < -0.3 is 9.15 Å². The first-order valence-corrected chi connectivity index (χ1v) is 8.74. The maximum Gasteiger partial charge on any atom is 0.417 e. The van der Waals surface area contributed by atoms with Gasteiger partial charge in [-0.2, -0.15) is 0 Å². The lowest BCUT2D eigenvalue weighted by Gasteiger charge is -2.11. The molecule has 0 spiro atoms. The van der Waals surface area contributed by atoms with Gasteiger partial charge in [-0.1, -0.05) is 0 Å². The average Bonchev–Trinajstić information content (AvgIpc) is 2.87. The van der Waals surface area contributed by atoms with E-state index in [1.807, 2.05) is 13.8 Å². The molecule has 0 saturated heterocycles. The molecule has 0 amide bonds. The third-order valence-corrected chi connectivity index (χ3v) is 4.56. The largest absolute Gasteiger partial charge is 0.491 e. The van der Waals surface area contributed by atoms with E-state index < -0.39 is 15.8 Å². The monoisotopic (exact) mass is 348 g/mol. The Labute approximate surface area is 138 Å². The molecule has 3 aromatic rings. The van der Waals surface area contributed by atoms with Gasteiger partial charge in [0.15, 0.2) is 5.58 Å². The quantitative estimate of drug-likeness (QED) is 0.738. The summed E-state index contributed by atoms with van der Waals surface area (Å²) in [6.45, 7) is 3.82. The van der Waals surface area contributed by atoms with Crippen LogP contribution >= 0.6 is 0 Å². The van der Waals surface area contributed by atoms with Crippen molar-refractivity contribution >= 4 is 26.8 Å². The molecule has 8 heteroatoms. The van der Waals surface area contributed by atoms with Gasteiger partial charge in [0, 0.05) is 5.69 Å². The highest BCUT2D eigenvalue weighted by molar-refractivity contribution is 7.92. The Morgan fingerprint density at radius 3 is 2.50 bits per heavy atom.